The zero-order valence-corrected chi connectivity index (χ0v) is 10.7. The van der Waals surface area contributed by atoms with Crippen molar-refractivity contribution < 1.29 is 4.74 Å². The fraction of sp³-hybridized carbons (Fsp3) is 0.571. The van der Waals surface area contributed by atoms with Gasteiger partial charge in [-0.25, -0.2) is 0 Å². The number of rotatable bonds is 4. The SMILES string of the molecule is COc1ccccc1CC(C)N1CCC(N)C1. The molecule has 0 bridgehead atoms. The molecule has 0 radical (unpaired) electrons. The van der Waals surface area contributed by atoms with Gasteiger partial charge in [0, 0.05) is 25.2 Å². The van der Waals surface area contributed by atoms with Crippen molar-refractivity contribution in [3.05, 3.63) is 29.8 Å². The number of hydrogen-bond donors (Lipinski definition) is 1. The standard InChI is InChI=1S/C14H22N2O/c1-11(16-8-7-13(15)10-16)9-12-5-3-4-6-14(12)17-2/h3-6,11,13H,7-10,15H2,1-2H3. The molecule has 0 saturated carbocycles. The summed E-state index contributed by atoms with van der Waals surface area (Å²) >= 11 is 0. The second-order valence-electron chi connectivity index (χ2n) is 4.91. The number of methoxy groups -OCH3 is 1. The first-order valence-corrected chi connectivity index (χ1v) is 6.32. The van der Waals surface area contributed by atoms with Crippen molar-refractivity contribution in [3.63, 3.8) is 0 Å². The highest BCUT2D eigenvalue weighted by Crippen LogP contribution is 2.22. The van der Waals surface area contributed by atoms with Crippen molar-refractivity contribution in [2.45, 2.75) is 31.8 Å². The third-order valence-electron chi connectivity index (χ3n) is 3.59. The van der Waals surface area contributed by atoms with E-state index < -0.39 is 0 Å². The molecule has 0 aromatic heterocycles. The normalized spacial score (nSPS) is 22.6. The summed E-state index contributed by atoms with van der Waals surface area (Å²) in [6, 6.07) is 9.14. The zero-order valence-electron chi connectivity index (χ0n) is 10.7. The lowest BCUT2D eigenvalue weighted by Gasteiger charge is -2.24. The molecule has 17 heavy (non-hydrogen) atoms. The van der Waals surface area contributed by atoms with Gasteiger partial charge in [0.2, 0.25) is 0 Å². The Bertz CT molecular complexity index is 367. The summed E-state index contributed by atoms with van der Waals surface area (Å²) in [5, 5.41) is 0. The molecule has 1 fully saturated rings. The molecular formula is C14H22N2O. The van der Waals surface area contributed by atoms with Crippen LogP contribution in [-0.2, 0) is 6.42 Å². The molecular weight excluding hydrogens is 212 g/mol. The predicted octanol–water partition coefficient (Wildman–Crippen LogP) is 1.66. The van der Waals surface area contributed by atoms with Crippen LogP contribution in [0.5, 0.6) is 5.75 Å². The molecule has 2 rings (SSSR count). The summed E-state index contributed by atoms with van der Waals surface area (Å²) in [5.74, 6) is 0.989. The maximum Gasteiger partial charge on any atom is 0.122 e. The van der Waals surface area contributed by atoms with Crippen LogP contribution >= 0.6 is 0 Å². The minimum atomic E-state index is 0.357. The summed E-state index contributed by atoms with van der Waals surface area (Å²) in [5.41, 5.74) is 7.23. The van der Waals surface area contributed by atoms with Gasteiger partial charge >= 0.3 is 0 Å². The summed E-state index contributed by atoms with van der Waals surface area (Å²) in [4.78, 5) is 2.47. The van der Waals surface area contributed by atoms with Gasteiger partial charge in [0.15, 0.2) is 0 Å². The van der Waals surface area contributed by atoms with E-state index in [1.807, 2.05) is 12.1 Å². The molecule has 2 atom stereocenters. The van der Waals surface area contributed by atoms with Crippen LogP contribution < -0.4 is 10.5 Å². The average molecular weight is 234 g/mol. The molecule has 1 aliphatic rings. The quantitative estimate of drug-likeness (QED) is 0.861. The maximum atomic E-state index is 5.95. The predicted molar refractivity (Wildman–Crippen MR) is 70.3 cm³/mol. The third-order valence-corrected chi connectivity index (χ3v) is 3.59. The van der Waals surface area contributed by atoms with E-state index in [1.54, 1.807) is 7.11 Å². The molecule has 1 saturated heterocycles. The number of nitrogens with zero attached hydrogens (tertiary/aromatic N) is 1. The summed E-state index contributed by atoms with van der Waals surface area (Å²) < 4.78 is 5.39. The van der Waals surface area contributed by atoms with Gasteiger partial charge in [-0.05, 0) is 31.4 Å². The van der Waals surface area contributed by atoms with Crippen molar-refractivity contribution >= 4 is 0 Å². The third kappa shape index (κ3) is 2.99. The number of likely N-dealkylation sites (tertiary alicyclic amines) is 1. The van der Waals surface area contributed by atoms with Crippen molar-refractivity contribution in [2.75, 3.05) is 20.2 Å². The van der Waals surface area contributed by atoms with E-state index in [0.29, 0.717) is 12.1 Å². The Morgan fingerprint density at radius 1 is 1.47 bits per heavy atom. The van der Waals surface area contributed by atoms with Crippen LogP contribution in [0.15, 0.2) is 24.3 Å². The second kappa shape index (κ2) is 5.52. The van der Waals surface area contributed by atoms with Gasteiger partial charge in [-0.15, -0.1) is 0 Å². The van der Waals surface area contributed by atoms with Gasteiger partial charge in [0.05, 0.1) is 7.11 Å². The van der Waals surface area contributed by atoms with Crippen molar-refractivity contribution in [1.29, 1.82) is 0 Å². The van der Waals surface area contributed by atoms with Crippen LogP contribution in [0.3, 0.4) is 0 Å². The number of para-hydroxylation sites is 1. The molecule has 1 aromatic rings. The highest BCUT2D eigenvalue weighted by Gasteiger charge is 2.23. The van der Waals surface area contributed by atoms with Crippen molar-refractivity contribution in [3.8, 4) is 5.75 Å². The van der Waals surface area contributed by atoms with Crippen LogP contribution in [0.1, 0.15) is 18.9 Å². The number of ether oxygens (including phenoxy) is 1. The van der Waals surface area contributed by atoms with Gasteiger partial charge in [-0.3, -0.25) is 4.90 Å². The summed E-state index contributed by atoms with van der Waals surface area (Å²) in [6.45, 7) is 4.41. The molecule has 2 unspecified atom stereocenters. The summed E-state index contributed by atoms with van der Waals surface area (Å²) in [6.07, 6.45) is 2.15. The van der Waals surface area contributed by atoms with E-state index in [-0.39, 0.29) is 0 Å². The van der Waals surface area contributed by atoms with Gasteiger partial charge in [-0.2, -0.15) is 0 Å². The van der Waals surface area contributed by atoms with E-state index in [2.05, 4.69) is 24.0 Å². The molecule has 0 spiro atoms. The maximum absolute atomic E-state index is 5.95. The zero-order chi connectivity index (χ0) is 12.3. The molecule has 1 aromatic carbocycles. The van der Waals surface area contributed by atoms with Gasteiger partial charge < -0.3 is 10.5 Å². The molecule has 94 valence electrons. The summed E-state index contributed by atoms with van der Waals surface area (Å²) in [7, 11) is 1.73. The molecule has 2 N–H and O–H groups in total. The van der Waals surface area contributed by atoms with E-state index in [1.165, 1.54) is 5.56 Å². The second-order valence-corrected chi connectivity index (χ2v) is 4.91. The first kappa shape index (κ1) is 12.4. The largest absolute Gasteiger partial charge is 0.496 e. The lowest BCUT2D eigenvalue weighted by molar-refractivity contribution is 0.253. The van der Waals surface area contributed by atoms with Crippen molar-refractivity contribution in [1.82, 2.24) is 4.90 Å². The fourth-order valence-electron chi connectivity index (χ4n) is 2.53. The fourth-order valence-corrected chi connectivity index (χ4v) is 2.53. The first-order valence-electron chi connectivity index (χ1n) is 6.32. The molecule has 1 heterocycles. The van der Waals surface area contributed by atoms with E-state index >= 15 is 0 Å². The lowest BCUT2D eigenvalue weighted by Crippen LogP contribution is -2.35. The Kier molecular flexibility index (Phi) is 4.02. The van der Waals surface area contributed by atoms with Crippen LogP contribution in [0, 0.1) is 0 Å². The Labute approximate surface area is 104 Å². The van der Waals surface area contributed by atoms with E-state index in [4.69, 9.17) is 10.5 Å². The average Bonchev–Trinajstić information content (AvgIpc) is 2.77. The molecule has 3 nitrogen and oxygen atoms in total. The van der Waals surface area contributed by atoms with E-state index in [0.717, 1.165) is 31.7 Å². The highest BCUT2D eigenvalue weighted by molar-refractivity contribution is 5.33. The molecule has 3 heteroatoms. The van der Waals surface area contributed by atoms with E-state index in [9.17, 15) is 0 Å². The molecule has 0 amide bonds. The monoisotopic (exact) mass is 234 g/mol. The van der Waals surface area contributed by atoms with Crippen LogP contribution in [0.25, 0.3) is 0 Å². The minimum Gasteiger partial charge on any atom is -0.496 e. The number of benzene rings is 1. The van der Waals surface area contributed by atoms with Crippen molar-refractivity contribution in [2.24, 2.45) is 5.73 Å². The molecule has 0 aliphatic carbocycles. The Balaban J connectivity index is 2.00. The lowest BCUT2D eigenvalue weighted by atomic mass is 10.1. The van der Waals surface area contributed by atoms with Crippen LogP contribution in [-0.4, -0.2) is 37.2 Å². The Morgan fingerprint density at radius 3 is 2.88 bits per heavy atom. The Hall–Kier alpha value is -1.06. The smallest absolute Gasteiger partial charge is 0.122 e. The van der Waals surface area contributed by atoms with Gasteiger partial charge in [0.25, 0.3) is 0 Å². The first-order chi connectivity index (χ1) is 8.20. The number of nitrogens with two attached hydrogens (primary N) is 1. The number of hydrogen-bond acceptors (Lipinski definition) is 3. The topological polar surface area (TPSA) is 38.5 Å². The Morgan fingerprint density at radius 2 is 2.24 bits per heavy atom. The highest BCUT2D eigenvalue weighted by atomic mass is 16.5. The van der Waals surface area contributed by atoms with Gasteiger partial charge in [-0.1, -0.05) is 18.2 Å². The molecule has 1 aliphatic heterocycles. The minimum absolute atomic E-state index is 0.357. The van der Waals surface area contributed by atoms with Crippen LogP contribution in [0.2, 0.25) is 0 Å². The van der Waals surface area contributed by atoms with Crippen LogP contribution in [0.4, 0.5) is 0 Å². The van der Waals surface area contributed by atoms with Gasteiger partial charge in [0.1, 0.15) is 5.75 Å².